The van der Waals surface area contributed by atoms with Crippen molar-refractivity contribution in [2.75, 3.05) is 26.3 Å². The fraction of sp³-hybridized carbons (Fsp3) is 0.435. The maximum absolute atomic E-state index is 13.2. The van der Waals surface area contributed by atoms with Crippen LogP contribution in [0.3, 0.4) is 0 Å². The van der Waals surface area contributed by atoms with Crippen molar-refractivity contribution >= 4 is 15.9 Å². The molecule has 30 heavy (non-hydrogen) atoms. The van der Waals surface area contributed by atoms with Gasteiger partial charge >= 0.3 is 0 Å². The molecule has 0 aromatic heterocycles. The highest BCUT2D eigenvalue weighted by molar-refractivity contribution is 7.89. The van der Waals surface area contributed by atoms with E-state index in [9.17, 15) is 13.2 Å². The number of carbonyl (C=O) groups excluding carboxylic acids is 1. The Morgan fingerprint density at radius 1 is 0.933 bits per heavy atom. The Hall–Kier alpha value is -2.22. The summed E-state index contributed by atoms with van der Waals surface area (Å²) in [5.41, 5.74) is 1.07. The standard InChI is InChI=1S/C23H28N2O4S/c26-22(24-23(12-5-2-6-13-23)20-9-3-1-4-10-20)19-8-7-11-21(18-19)30(27,28)25-14-16-29-17-15-25/h1,3-4,7-11,18H,2,5-6,12-17H2,(H,24,26). The molecule has 2 aromatic carbocycles. The van der Waals surface area contributed by atoms with Gasteiger partial charge in [0.25, 0.3) is 5.91 Å². The van der Waals surface area contributed by atoms with E-state index in [0.29, 0.717) is 31.9 Å². The molecule has 0 unspecified atom stereocenters. The average Bonchev–Trinajstić information content (AvgIpc) is 2.81. The molecule has 0 spiro atoms. The van der Waals surface area contributed by atoms with Gasteiger partial charge in [0, 0.05) is 18.7 Å². The smallest absolute Gasteiger partial charge is 0.252 e. The molecule has 1 N–H and O–H groups in total. The van der Waals surface area contributed by atoms with Crippen molar-refractivity contribution in [2.45, 2.75) is 42.5 Å². The Balaban J connectivity index is 1.59. The van der Waals surface area contributed by atoms with Crippen LogP contribution in [0.2, 0.25) is 0 Å². The monoisotopic (exact) mass is 428 g/mol. The minimum absolute atomic E-state index is 0.148. The Morgan fingerprint density at radius 3 is 2.33 bits per heavy atom. The second kappa shape index (κ2) is 8.88. The van der Waals surface area contributed by atoms with Gasteiger partial charge in [0.05, 0.1) is 23.6 Å². The number of carbonyl (C=O) groups is 1. The molecule has 0 radical (unpaired) electrons. The van der Waals surface area contributed by atoms with Gasteiger partial charge in [-0.2, -0.15) is 4.31 Å². The highest BCUT2D eigenvalue weighted by Gasteiger charge is 2.36. The van der Waals surface area contributed by atoms with Crippen LogP contribution in [0, 0.1) is 0 Å². The summed E-state index contributed by atoms with van der Waals surface area (Å²) in [6.07, 6.45) is 5.04. The van der Waals surface area contributed by atoms with Crippen molar-refractivity contribution in [3.8, 4) is 0 Å². The third kappa shape index (κ3) is 4.29. The number of rotatable bonds is 5. The van der Waals surface area contributed by atoms with Gasteiger partial charge in [-0.15, -0.1) is 0 Å². The molecule has 1 heterocycles. The summed E-state index contributed by atoms with van der Waals surface area (Å²) >= 11 is 0. The highest BCUT2D eigenvalue weighted by atomic mass is 32.2. The van der Waals surface area contributed by atoms with Gasteiger partial charge < -0.3 is 10.1 Å². The Labute approximate surface area is 178 Å². The van der Waals surface area contributed by atoms with Crippen LogP contribution in [0.25, 0.3) is 0 Å². The quantitative estimate of drug-likeness (QED) is 0.793. The minimum Gasteiger partial charge on any atom is -0.379 e. The number of hydrogen-bond donors (Lipinski definition) is 1. The fourth-order valence-electron chi connectivity index (χ4n) is 4.42. The fourth-order valence-corrected chi connectivity index (χ4v) is 5.88. The van der Waals surface area contributed by atoms with Crippen LogP contribution in [-0.4, -0.2) is 44.9 Å². The van der Waals surface area contributed by atoms with E-state index in [1.165, 1.54) is 10.4 Å². The zero-order valence-corrected chi connectivity index (χ0v) is 17.9. The van der Waals surface area contributed by atoms with Crippen LogP contribution >= 0.6 is 0 Å². The summed E-state index contributed by atoms with van der Waals surface area (Å²) < 4.78 is 32.6. The molecule has 7 heteroatoms. The lowest BCUT2D eigenvalue weighted by Gasteiger charge is -2.39. The van der Waals surface area contributed by atoms with Crippen molar-refractivity contribution in [1.29, 1.82) is 0 Å². The lowest BCUT2D eigenvalue weighted by atomic mass is 9.76. The second-order valence-corrected chi connectivity index (χ2v) is 9.95. The second-order valence-electron chi connectivity index (χ2n) is 8.01. The molecule has 2 aromatic rings. The number of sulfonamides is 1. The van der Waals surface area contributed by atoms with Crippen LogP contribution in [0.1, 0.15) is 48.0 Å². The summed E-state index contributed by atoms with van der Waals surface area (Å²) in [5, 5.41) is 3.26. The van der Waals surface area contributed by atoms with Crippen LogP contribution in [0.5, 0.6) is 0 Å². The van der Waals surface area contributed by atoms with Gasteiger partial charge in [0.15, 0.2) is 0 Å². The van der Waals surface area contributed by atoms with E-state index in [-0.39, 0.29) is 10.8 Å². The van der Waals surface area contributed by atoms with Gasteiger partial charge in [-0.25, -0.2) is 8.42 Å². The van der Waals surface area contributed by atoms with E-state index < -0.39 is 15.6 Å². The third-order valence-electron chi connectivity index (χ3n) is 6.09. The van der Waals surface area contributed by atoms with Crippen molar-refractivity contribution in [2.24, 2.45) is 0 Å². The molecule has 1 saturated heterocycles. The van der Waals surface area contributed by atoms with Gasteiger partial charge in [-0.1, -0.05) is 55.7 Å². The first-order chi connectivity index (χ1) is 14.5. The van der Waals surface area contributed by atoms with E-state index in [1.807, 2.05) is 18.2 Å². The molecule has 160 valence electrons. The molecule has 2 fully saturated rings. The summed E-state index contributed by atoms with van der Waals surface area (Å²) in [4.78, 5) is 13.4. The molecule has 1 amide bonds. The van der Waals surface area contributed by atoms with Crippen LogP contribution in [0.4, 0.5) is 0 Å². The van der Waals surface area contributed by atoms with E-state index in [1.54, 1.807) is 18.2 Å². The van der Waals surface area contributed by atoms with Gasteiger partial charge in [-0.3, -0.25) is 4.79 Å². The van der Waals surface area contributed by atoms with Crippen molar-refractivity contribution in [1.82, 2.24) is 9.62 Å². The molecular formula is C23H28N2O4S. The lowest BCUT2D eigenvalue weighted by molar-refractivity contribution is 0.0730. The summed E-state index contributed by atoms with van der Waals surface area (Å²) in [6, 6.07) is 16.4. The van der Waals surface area contributed by atoms with Gasteiger partial charge in [0.2, 0.25) is 10.0 Å². The molecule has 2 aliphatic rings. The first kappa shape index (κ1) is 21.0. The molecule has 0 bridgehead atoms. The summed E-state index contributed by atoms with van der Waals surface area (Å²) in [6.45, 7) is 1.43. The molecular weight excluding hydrogens is 400 g/mol. The largest absolute Gasteiger partial charge is 0.379 e. The Morgan fingerprint density at radius 2 is 1.63 bits per heavy atom. The highest BCUT2D eigenvalue weighted by Crippen LogP contribution is 2.37. The topological polar surface area (TPSA) is 75.7 Å². The van der Waals surface area contributed by atoms with E-state index >= 15 is 0 Å². The predicted molar refractivity (Wildman–Crippen MR) is 115 cm³/mol. The molecule has 4 rings (SSSR count). The zero-order chi connectivity index (χ0) is 21.0. The number of hydrogen-bond acceptors (Lipinski definition) is 4. The van der Waals surface area contributed by atoms with Crippen molar-refractivity contribution in [3.63, 3.8) is 0 Å². The number of morpholine rings is 1. The SMILES string of the molecule is O=C(NC1(c2ccccc2)CCCCC1)c1cccc(S(=O)(=O)N2CCOCC2)c1. The zero-order valence-electron chi connectivity index (χ0n) is 17.0. The third-order valence-corrected chi connectivity index (χ3v) is 7.98. The van der Waals surface area contributed by atoms with Crippen LogP contribution < -0.4 is 5.32 Å². The van der Waals surface area contributed by atoms with Gasteiger partial charge in [-0.05, 0) is 36.6 Å². The predicted octanol–water partition coefficient (Wildman–Crippen LogP) is 3.30. The van der Waals surface area contributed by atoms with Crippen molar-refractivity contribution in [3.05, 3.63) is 65.7 Å². The molecule has 6 nitrogen and oxygen atoms in total. The maximum Gasteiger partial charge on any atom is 0.252 e. The Bertz CT molecular complexity index is 979. The summed E-state index contributed by atoms with van der Waals surface area (Å²) in [7, 11) is -3.65. The number of benzene rings is 2. The molecule has 1 saturated carbocycles. The number of amides is 1. The first-order valence-electron chi connectivity index (χ1n) is 10.6. The number of nitrogens with one attached hydrogen (secondary N) is 1. The summed E-state index contributed by atoms with van der Waals surface area (Å²) in [5.74, 6) is -0.236. The number of ether oxygens (including phenoxy) is 1. The molecule has 1 aliphatic carbocycles. The molecule has 1 aliphatic heterocycles. The number of nitrogens with zero attached hydrogens (tertiary/aromatic N) is 1. The maximum atomic E-state index is 13.2. The van der Waals surface area contributed by atoms with E-state index in [4.69, 9.17) is 4.74 Å². The average molecular weight is 429 g/mol. The normalized spacial score (nSPS) is 19.9. The molecule has 0 atom stereocenters. The van der Waals surface area contributed by atoms with Crippen LogP contribution in [-0.2, 0) is 20.3 Å². The lowest BCUT2D eigenvalue weighted by Crippen LogP contribution is -2.47. The first-order valence-corrected chi connectivity index (χ1v) is 12.0. The van der Waals surface area contributed by atoms with Crippen molar-refractivity contribution < 1.29 is 17.9 Å². The van der Waals surface area contributed by atoms with Gasteiger partial charge in [0.1, 0.15) is 0 Å². The van der Waals surface area contributed by atoms with E-state index in [2.05, 4.69) is 17.4 Å². The van der Waals surface area contributed by atoms with E-state index in [0.717, 1.165) is 37.7 Å². The Kier molecular flexibility index (Phi) is 6.22. The van der Waals surface area contributed by atoms with Crippen LogP contribution in [0.15, 0.2) is 59.5 Å². The minimum atomic E-state index is -3.65.